The number of hydrogen-bond donors (Lipinski definition) is 1. The van der Waals surface area contributed by atoms with Gasteiger partial charge in [0, 0.05) is 53.6 Å². The molecule has 0 radical (unpaired) electrons. The predicted octanol–water partition coefficient (Wildman–Crippen LogP) is 4.73. The second-order valence-electron chi connectivity index (χ2n) is 9.19. The third kappa shape index (κ3) is 3.76. The van der Waals surface area contributed by atoms with Crippen molar-refractivity contribution in [1.82, 2.24) is 19.8 Å². The average Bonchev–Trinajstić information content (AvgIpc) is 3.48. The SMILES string of the molecule is Cc1cccc2c(-c3ccncc3)c([C@H]3CCCN(C(=O)[C@H](C)N4CCCC4)C3)[nH]c12. The van der Waals surface area contributed by atoms with E-state index in [-0.39, 0.29) is 6.04 Å². The molecule has 0 saturated carbocycles. The summed E-state index contributed by atoms with van der Waals surface area (Å²) in [6.45, 7) is 8.02. The zero-order chi connectivity index (χ0) is 21.4. The van der Waals surface area contributed by atoms with Crippen molar-refractivity contribution < 1.29 is 4.79 Å². The van der Waals surface area contributed by atoms with E-state index in [0.717, 1.165) is 39.0 Å². The summed E-state index contributed by atoms with van der Waals surface area (Å²) in [5.41, 5.74) is 6.19. The number of para-hydroxylation sites is 1. The molecule has 31 heavy (non-hydrogen) atoms. The Morgan fingerprint density at radius 2 is 1.87 bits per heavy atom. The van der Waals surface area contributed by atoms with Gasteiger partial charge >= 0.3 is 0 Å². The van der Waals surface area contributed by atoms with Crippen LogP contribution in [0.5, 0.6) is 0 Å². The van der Waals surface area contributed by atoms with Gasteiger partial charge in [-0.05, 0) is 75.9 Å². The first-order valence-electron chi connectivity index (χ1n) is 11.7. The predicted molar refractivity (Wildman–Crippen MR) is 125 cm³/mol. The maximum atomic E-state index is 13.3. The first-order chi connectivity index (χ1) is 15.1. The quantitative estimate of drug-likeness (QED) is 0.669. The first-order valence-corrected chi connectivity index (χ1v) is 11.7. The third-order valence-electron chi connectivity index (χ3n) is 7.23. The molecular weight excluding hydrogens is 384 g/mol. The maximum Gasteiger partial charge on any atom is 0.239 e. The Kier molecular flexibility index (Phi) is 5.53. The van der Waals surface area contributed by atoms with E-state index in [1.54, 1.807) is 0 Å². The molecule has 0 unspecified atom stereocenters. The highest BCUT2D eigenvalue weighted by atomic mass is 16.2. The van der Waals surface area contributed by atoms with Gasteiger partial charge in [-0.15, -0.1) is 0 Å². The molecule has 5 nitrogen and oxygen atoms in total. The maximum absolute atomic E-state index is 13.3. The van der Waals surface area contributed by atoms with E-state index in [9.17, 15) is 4.79 Å². The number of nitrogens with one attached hydrogen (secondary N) is 1. The molecule has 2 saturated heterocycles. The number of fused-ring (bicyclic) bond motifs is 1. The number of carbonyl (C=O) groups excluding carboxylic acids is 1. The fourth-order valence-corrected chi connectivity index (χ4v) is 5.48. The lowest BCUT2D eigenvalue weighted by molar-refractivity contribution is -0.137. The summed E-state index contributed by atoms with van der Waals surface area (Å²) in [6, 6.07) is 10.7. The van der Waals surface area contributed by atoms with Crippen LogP contribution in [0.15, 0.2) is 42.7 Å². The standard InChI is InChI=1S/C26H32N4O/c1-18-7-5-9-22-23(20-10-12-27-13-11-20)25(28-24(18)22)21-8-6-16-30(17-21)26(31)19(2)29-14-3-4-15-29/h5,7,9-13,19,21,28H,3-4,6,8,14-17H2,1-2H3/t19-,21-/m0/s1. The zero-order valence-corrected chi connectivity index (χ0v) is 18.6. The van der Waals surface area contributed by atoms with Crippen molar-refractivity contribution in [2.75, 3.05) is 26.2 Å². The molecule has 1 aromatic carbocycles. The Balaban J connectivity index is 1.49. The number of rotatable bonds is 4. The number of amides is 1. The van der Waals surface area contributed by atoms with Crippen LogP contribution in [0.25, 0.3) is 22.0 Å². The average molecular weight is 417 g/mol. The summed E-state index contributed by atoms with van der Waals surface area (Å²) in [5.74, 6) is 0.614. The van der Waals surface area contributed by atoms with Gasteiger partial charge in [0.2, 0.25) is 5.91 Å². The Morgan fingerprint density at radius 3 is 2.65 bits per heavy atom. The van der Waals surface area contributed by atoms with E-state index in [2.05, 4.69) is 63.9 Å². The minimum absolute atomic E-state index is 0.00845. The molecule has 2 aromatic heterocycles. The van der Waals surface area contributed by atoms with Gasteiger partial charge in [-0.2, -0.15) is 0 Å². The number of aromatic amines is 1. The van der Waals surface area contributed by atoms with Crippen LogP contribution in [0, 0.1) is 6.92 Å². The van der Waals surface area contributed by atoms with Crippen LogP contribution in [0.3, 0.4) is 0 Å². The molecule has 2 atom stereocenters. The Hall–Kier alpha value is -2.66. The third-order valence-corrected chi connectivity index (χ3v) is 7.23. The van der Waals surface area contributed by atoms with E-state index in [4.69, 9.17) is 0 Å². The first kappa shape index (κ1) is 20.3. The number of carbonyl (C=O) groups is 1. The molecule has 5 rings (SSSR count). The number of H-pyrrole nitrogens is 1. The van der Waals surface area contributed by atoms with Crippen molar-refractivity contribution in [3.05, 3.63) is 54.0 Å². The van der Waals surface area contributed by atoms with Crippen LogP contribution in [-0.2, 0) is 4.79 Å². The number of pyridine rings is 1. The van der Waals surface area contributed by atoms with Crippen molar-refractivity contribution in [2.45, 2.75) is 51.5 Å². The molecular formula is C26H32N4O. The summed E-state index contributed by atoms with van der Waals surface area (Å²) < 4.78 is 0. The highest BCUT2D eigenvalue weighted by molar-refractivity contribution is 5.99. The fourth-order valence-electron chi connectivity index (χ4n) is 5.48. The van der Waals surface area contributed by atoms with Gasteiger partial charge in [-0.3, -0.25) is 14.7 Å². The number of nitrogens with zero attached hydrogens (tertiary/aromatic N) is 3. The molecule has 0 bridgehead atoms. The molecule has 2 fully saturated rings. The lowest BCUT2D eigenvalue weighted by Crippen LogP contribution is -2.49. The van der Waals surface area contributed by atoms with Crippen molar-refractivity contribution in [2.24, 2.45) is 0 Å². The topological polar surface area (TPSA) is 52.2 Å². The van der Waals surface area contributed by atoms with Gasteiger partial charge in [-0.1, -0.05) is 18.2 Å². The van der Waals surface area contributed by atoms with Crippen LogP contribution in [0.2, 0.25) is 0 Å². The molecule has 1 N–H and O–H groups in total. The van der Waals surface area contributed by atoms with Crippen LogP contribution in [0.4, 0.5) is 0 Å². The zero-order valence-electron chi connectivity index (χ0n) is 18.6. The van der Waals surface area contributed by atoms with E-state index < -0.39 is 0 Å². The van der Waals surface area contributed by atoms with Crippen molar-refractivity contribution in [3.8, 4) is 11.1 Å². The Labute approximate surface area is 184 Å². The molecule has 3 aromatic rings. The van der Waals surface area contributed by atoms with Gasteiger partial charge in [0.15, 0.2) is 0 Å². The highest BCUT2D eigenvalue weighted by Gasteiger charge is 2.33. The lowest BCUT2D eigenvalue weighted by Gasteiger charge is -2.36. The molecule has 2 aliphatic heterocycles. The van der Waals surface area contributed by atoms with E-state index >= 15 is 0 Å². The van der Waals surface area contributed by atoms with Gasteiger partial charge in [0.25, 0.3) is 0 Å². The van der Waals surface area contributed by atoms with Crippen LogP contribution in [-0.4, -0.2) is 57.9 Å². The molecule has 0 aliphatic carbocycles. The van der Waals surface area contributed by atoms with Crippen LogP contribution in [0.1, 0.15) is 49.8 Å². The molecule has 4 heterocycles. The minimum atomic E-state index is -0.00845. The van der Waals surface area contributed by atoms with Crippen LogP contribution < -0.4 is 0 Å². The molecule has 5 heteroatoms. The van der Waals surface area contributed by atoms with Crippen LogP contribution >= 0.6 is 0 Å². The van der Waals surface area contributed by atoms with E-state index in [1.165, 1.54) is 46.1 Å². The molecule has 1 amide bonds. The summed E-state index contributed by atoms with van der Waals surface area (Å²) in [5, 5.41) is 1.26. The van der Waals surface area contributed by atoms with Crippen molar-refractivity contribution in [1.29, 1.82) is 0 Å². The number of aryl methyl sites for hydroxylation is 1. The number of hydrogen-bond acceptors (Lipinski definition) is 3. The van der Waals surface area contributed by atoms with E-state index in [1.807, 2.05) is 12.4 Å². The second kappa shape index (κ2) is 8.46. The fraction of sp³-hybridized carbons (Fsp3) is 0.462. The number of piperidine rings is 1. The van der Waals surface area contributed by atoms with E-state index in [0.29, 0.717) is 11.8 Å². The smallest absolute Gasteiger partial charge is 0.239 e. The van der Waals surface area contributed by atoms with Gasteiger partial charge < -0.3 is 9.88 Å². The Morgan fingerprint density at radius 1 is 1.10 bits per heavy atom. The van der Waals surface area contributed by atoms with Crippen molar-refractivity contribution in [3.63, 3.8) is 0 Å². The summed E-state index contributed by atoms with van der Waals surface area (Å²) >= 11 is 0. The molecule has 2 aliphatic rings. The minimum Gasteiger partial charge on any atom is -0.357 e. The molecule has 0 spiro atoms. The summed E-state index contributed by atoms with van der Waals surface area (Å²) in [6.07, 6.45) is 8.30. The van der Waals surface area contributed by atoms with Gasteiger partial charge in [-0.25, -0.2) is 0 Å². The number of likely N-dealkylation sites (tertiary alicyclic amines) is 2. The van der Waals surface area contributed by atoms with Gasteiger partial charge in [0.1, 0.15) is 0 Å². The molecule has 162 valence electrons. The number of benzene rings is 1. The lowest BCUT2D eigenvalue weighted by atomic mass is 9.89. The normalized spacial score (nSPS) is 21.0. The highest BCUT2D eigenvalue weighted by Crippen LogP contribution is 2.40. The second-order valence-corrected chi connectivity index (χ2v) is 9.19. The number of aromatic nitrogens is 2. The Bertz CT molecular complexity index is 1070. The largest absolute Gasteiger partial charge is 0.357 e. The van der Waals surface area contributed by atoms with Crippen molar-refractivity contribution >= 4 is 16.8 Å². The summed E-state index contributed by atoms with van der Waals surface area (Å²) in [4.78, 5) is 25.8. The van der Waals surface area contributed by atoms with Gasteiger partial charge in [0.05, 0.1) is 6.04 Å². The monoisotopic (exact) mass is 416 g/mol. The summed E-state index contributed by atoms with van der Waals surface area (Å²) in [7, 11) is 0.